The van der Waals surface area contributed by atoms with Gasteiger partial charge in [0.15, 0.2) is 6.10 Å². The van der Waals surface area contributed by atoms with Crippen LogP contribution in [0.4, 0.5) is 5.69 Å². The van der Waals surface area contributed by atoms with Crippen molar-refractivity contribution in [2.24, 2.45) is 0 Å². The number of thioether (sulfide) groups is 1. The molecule has 0 radical (unpaired) electrons. The number of amides is 1. The number of para-hydroxylation sites is 1. The second-order valence-corrected chi connectivity index (χ2v) is 7.77. The average molecular weight is 347 g/mol. The first-order valence-electron chi connectivity index (χ1n) is 7.20. The Kier molecular flexibility index (Phi) is 5.03. The molecule has 0 fully saturated rings. The number of rotatable bonds is 4. The first kappa shape index (κ1) is 16.1. The van der Waals surface area contributed by atoms with E-state index in [9.17, 15) is 9.00 Å². The third kappa shape index (κ3) is 4.14. The number of nitrogens with one attached hydrogen (secondary N) is 1. The fraction of sp³-hybridized carbons (Fsp3) is 0.235. The van der Waals surface area contributed by atoms with E-state index in [-0.39, 0.29) is 5.91 Å². The molecule has 0 aliphatic carbocycles. The second-order valence-electron chi connectivity index (χ2n) is 5.27. The van der Waals surface area contributed by atoms with E-state index in [1.807, 2.05) is 48.5 Å². The third-order valence-electron chi connectivity index (χ3n) is 3.37. The maximum absolute atomic E-state index is 12.4. The van der Waals surface area contributed by atoms with Crippen LogP contribution in [0.1, 0.15) is 5.56 Å². The Morgan fingerprint density at radius 3 is 2.96 bits per heavy atom. The molecule has 1 heterocycles. The van der Waals surface area contributed by atoms with Crippen LogP contribution in [0.3, 0.4) is 0 Å². The van der Waals surface area contributed by atoms with E-state index in [0.717, 1.165) is 16.2 Å². The molecular formula is C17H17NO3S2. The molecule has 1 amide bonds. The molecule has 4 nitrogen and oxygen atoms in total. The van der Waals surface area contributed by atoms with Crippen molar-refractivity contribution in [1.29, 1.82) is 0 Å². The summed E-state index contributed by atoms with van der Waals surface area (Å²) in [5.74, 6) is 1.65. The van der Waals surface area contributed by atoms with Gasteiger partial charge in [0.25, 0.3) is 5.91 Å². The van der Waals surface area contributed by atoms with Crippen molar-refractivity contribution < 1.29 is 13.7 Å². The molecule has 0 saturated heterocycles. The van der Waals surface area contributed by atoms with Gasteiger partial charge in [-0.15, -0.1) is 11.8 Å². The largest absolute Gasteiger partial charge is 0.479 e. The van der Waals surface area contributed by atoms with E-state index in [1.165, 1.54) is 0 Å². The topological polar surface area (TPSA) is 55.4 Å². The highest BCUT2D eigenvalue weighted by Gasteiger charge is 2.26. The van der Waals surface area contributed by atoms with Gasteiger partial charge in [-0.2, -0.15) is 0 Å². The smallest absolute Gasteiger partial charge is 0.266 e. The zero-order valence-electron chi connectivity index (χ0n) is 12.7. The molecule has 0 unspecified atom stereocenters. The van der Waals surface area contributed by atoms with Crippen molar-refractivity contribution in [3.05, 3.63) is 54.1 Å². The normalized spacial score (nSPS) is 17.7. The molecule has 0 aromatic heterocycles. The van der Waals surface area contributed by atoms with Crippen LogP contribution < -0.4 is 10.1 Å². The Bertz CT molecular complexity index is 748. The SMILES string of the molecule is C[S@](=O)Cc1cccc(NC(=O)[C@H]2CSc3ccccc3O2)c1. The first-order chi connectivity index (χ1) is 11.1. The maximum atomic E-state index is 12.4. The summed E-state index contributed by atoms with van der Waals surface area (Å²) >= 11 is 1.62. The van der Waals surface area contributed by atoms with E-state index in [2.05, 4.69) is 5.32 Å². The molecule has 1 aliphatic rings. The summed E-state index contributed by atoms with van der Waals surface area (Å²) in [5.41, 5.74) is 1.64. The van der Waals surface area contributed by atoms with Gasteiger partial charge in [0.1, 0.15) is 5.75 Å². The predicted molar refractivity (Wildman–Crippen MR) is 94.4 cm³/mol. The van der Waals surface area contributed by atoms with E-state index in [4.69, 9.17) is 4.74 Å². The van der Waals surface area contributed by atoms with Gasteiger partial charge in [-0.05, 0) is 29.8 Å². The van der Waals surface area contributed by atoms with Crippen molar-refractivity contribution >= 4 is 34.2 Å². The average Bonchev–Trinajstić information content (AvgIpc) is 2.54. The Morgan fingerprint density at radius 1 is 1.30 bits per heavy atom. The summed E-state index contributed by atoms with van der Waals surface area (Å²) in [6, 6.07) is 15.1. The zero-order valence-corrected chi connectivity index (χ0v) is 14.3. The van der Waals surface area contributed by atoms with Crippen molar-refractivity contribution in [2.45, 2.75) is 16.8 Å². The highest BCUT2D eigenvalue weighted by molar-refractivity contribution is 7.99. The van der Waals surface area contributed by atoms with Gasteiger partial charge in [-0.3, -0.25) is 9.00 Å². The van der Waals surface area contributed by atoms with Crippen molar-refractivity contribution in [1.82, 2.24) is 0 Å². The molecule has 1 aliphatic heterocycles. The lowest BCUT2D eigenvalue weighted by atomic mass is 10.2. The molecule has 23 heavy (non-hydrogen) atoms. The second kappa shape index (κ2) is 7.19. The fourth-order valence-electron chi connectivity index (χ4n) is 2.35. The number of carbonyl (C=O) groups excluding carboxylic acids is 1. The van der Waals surface area contributed by atoms with Gasteiger partial charge >= 0.3 is 0 Å². The Labute approximate surface area is 142 Å². The Balaban J connectivity index is 1.67. The fourth-order valence-corrected chi connectivity index (χ4v) is 3.98. The Morgan fingerprint density at radius 2 is 2.13 bits per heavy atom. The van der Waals surface area contributed by atoms with E-state index < -0.39 is 16.9 Å². The Hall–Kier alpha value is -1.79. The summed E-state index contributed by atoms with van der Waals surface area (Å²) in [6.45, 7) is 0. The van der Waals surface area contributed by atoms with Crippen LogP contribution in [0.15, 0.2) is 53.4 Å². The number of fused-ring (bicyclic) bond motifs is 1. The van der Waals surface area contributed by atoms with Crippen molar-refractivity contribution in [3.8, 4) is 5.75 Å². The number of ether oxygens (including phenoxy) is 1. The molecule has 2 aromatic carbocycles. The molecular weight excluding hydrogens is 330 g/mol. The summed E-state index contributed by atoms with van der Waals surface area (Å²) in [4.78, 5) is 13.5. The minimum Gasteiger partial charge on any atom is -0.479 e. The predicted octanol–water partition coefficient (Wildman–Crippen LogP) is 3.06. The number of anilines is 1. The highest BCUT2D eigenvalue weighted by Crippen LogP contribution is 2.35. The number of hydrogen-bond acceptors (Lipinski definition) is 4. The summed E-state index contributed by atoms with van der Waals surface area (Å²) in [6.07, 6.45) is 1.15. The van der Waals surface area contributed by atoms with E-state index >= 15 is 0 Å². The van der Waals surface area contributed by atoms with Crippen LogP contribution in [-0.2, 0) is 21.3 Å². The number of hydrogen-bond donors (Lipinski definition) is 1. The van der Waals surface area contributed by atoms with E-state index in [1.54, 1.807) is 18.0 Å². The van der Waals surface area contributed by atoms with Gasteiger partial charge in [0.2, 0.25) is 0 Å². The summed E-state index contributed by atoms with van der Waals surface area (Å²) in [7, 11) is -0.907. The maximum Gasteiger partial charge on any atom is 0.266 e. The minimum absolute atomic E-state index is 0.165. The standard InChI is InChI=1S/C17H17NO3S2/c1-23(20)11-12-5-4-6-13(9-12)18-17(19)15-10-22-16-8-3-2-7-14(16)21-15/h2-9,15H,10-11H2,1H3,(H,18,19)/t15-,23+/m1/s1. The van der Waals surface area contributed by atoms with Crippen LogP contribution in [0, 0.1) is 0 Å². The molecule has 2 aromatic rings. The zero-order chi connectivity index (χ0) is 16.2. The van der Waals surface area contributed by atoms with Crippen LogP contribution in [0.2, 0.25) is 0 Å². The molecule has 2 atom stereocenters. The van der Waals surface area contributed by atoms with E-state index in [0.29, 0.717) is 17.2 Å². The van der Waals surface area contributed by atoms with Crippen molar-refractivity contribution in [3.63, 3.8) is 0 Å². The molecule has 1 N–H and O–H groups in total. The lowest BCUT2D eigenvalue weighted by Crippen LogP contribution is -2.36. The lowest BCUT2D eigenvalue weighted by Gasteiger charge is -2.24. The number of carbonyl (C=O) groups is 1. The van der Waals surface area contributed by atoms with Gasteiger partial charge in [-0.1, -0.05) is 24.3 Å². The summed E-state index contributed by atoms with van der Waals surface area (Å²) < 4.78 is 17.1. The molecule has 0 saturated carbocycles. The quantitative estimate of drug-likeness (QED) is 0.923. The van der Waals surface area contributed by atoms with Gasteiger partial charge < -0.3 is 10.1 Å². The van der Waals surface area contributed by atoms with Gasteiger partial charge in [0.05, 0.1) is 0 Å². The molecule has 0 bridgehead atoms. The van der Waals surface area contributed by atoms with Crippen LogP contribution in [-0.4, -0.2) is 28.2 Å². The molecule has 0 spiro atoms. The van der Waals surface area contributed by atoms with Crippen LogP contribution in [0.5, 0.6) is 5.75 Å². The molecule has 6 heteroatoms. The minimum atomic E-state index is -0.907. The monoisotopic (exact) mass is 347 g/mol. The summed E-state index contributed by atoms with van der Waals surface area (Å²) in [5, 5.41) is 2.88. The van der Waals surface area contributed by atoms with Crippen molar-refractivity contribution in [2.75, 3.05) is 17.3 Å². The molecule has 3 rings (SSSR count). The van der Waals surface area contributed by atoms with Gasteiger partial charge in [-0.25, -0.2) is 0 Å². The van der Waals surface area contributed by atoms with Crippen LogP contribution >= 0.6 is 11.8 Å². The lowest BCUT2D eigenvalue weighted by molar-refractivity contribution is -0.122. The first-order valence-corrected chi connectivity index (χ1v) is 9.91. The van der Waals surface area contributed by atoms with Gasteiger partial charge in [0, 0.05) is 39.1 Å². The highest BCUT2D eigenvalue weighted by atomic mass is 32.2. The van der Waals surface area contributed by atoms with Crippen LogP contribution in [0.25, 0.3) is 0 Å². The molecule has 120 valence electrons. The third-order valence-corrected chi connectivity index (χ3v) is 5.22. The number of benzene rings is 2.